The Labute approximate surface area is 155 Å². The van der Waals surface area contributed by atoms with Gasteiger partial charge in [0.05, 0.1) is 17.5 Å². The van der Waals surface area contributed by atoms with E-state index >= 15 is 0 Å². The largest absolute Gasteiger partial charge is 0.497 e. The molecule has 0 aliphatic rings. The summed E-state index contributed by atoms with van der Waals surface area (Å²) >= 11 is 1.42. The van der Waals surface area contributed by atoms with Crippen LogP contribution in [-0.4, -0.2) is 25.0 Å². The molecule has 4 rings (SSSR count). The van der Waals surface area contributed by atoms with Crippen molar-refractivity contribution in [3.63, 3.8) is 0 Å². The van der Waals surface area contributed by atoms with E-state index in [0.29, 0.717) is 4.88 Å². The summed E-state index contributed by atoms with van der Waals surface area (Å²) < 4.78 is 5.28. The van der Waals surface area contributed by atoms with Crippen LogP contribution >= 0.6 is 11.3 Å². The second-order valence-electron chi connectivity index (χ2n) is 6.26. The maximum Gasteiger partial charge on any atom is 0.268 e. The van der Waals surface area contributed by atoms with Gasteiger partial charge in [-0.25, -0.2) is 4.98 Å². The highest BCUT2D eigenvalue weighted by molar-refractivity contribution is 7.20. The van der Waals surface area contributed by atoms with Crippen LogP contribution in [0.3, 0.4) is 0 Å². The van der Waals surface area contributed by atoms with Gasteiger partial charge in [-0.2, -0.15) is 0 Å². The Morgan fingerprint density at radius 2 is 1.92 bits per heavy atom. The van der Waals surface area contributed by atoms with Crippen molar-refractivity contribution in [2.75, 3.05) is 19.1 Å². The van der Waals surface area contributed by atoms with Crippen LogP contribution in [0, 0.1) is 6.92 Å². The van der Waals surface area contributed by atoms with E-state index in [2.05, 4.69) is 6.07 Å². The first-order valence-electron chi connectivity index (χ1n) is 8.28. The van der Waals surface area contributed by atoms with Gasteiger partial charge in [0.2, 0.25) is 0 Å². The number of ether oxygens (including phenoxy) is 1. The smallest absolute Gasteiger partial charge is 0.268 e. The summed E-state index contributed by atoms with van der Waals surface area (Å²) in [7, 11) is 3.45. The number of methoxy groups -OCH3 is 1. The van der Waals surface area contributed by atoms with E-state index in [1.165, 1.54) is 11.3 Å². The molecule has 0 saturated carbocycles. The Bertz CT molecular complexity index is 1130. The Balaban J connectivity index is 1.74. The minimum absolute atomic E-state index is 0.0276. The molecule has 4 aromatic rings. The molecule has 0 spiro atoms. The van der Waals surface area contributed by atoms with Crippen molar-refractivity contribution in [3.05, 3.63) is 65.0 Å². The molecular formula is C21H18N2O2S. The minimum atomic E-state index is -0.0276. The van der Waals surface area contributed by atoms with Crippen molar-refractivity contribution < 1.29 is 9.53 Å². The fourth-order valence-corrected chi connectivity index (χ4v) is 3.96. The number of hydrogen-bond donors (Lipinski definition) is 0. The molecule has 26 heavy (non-hydrogen) atoms. The second kappa shape index (κ2) is 6.42. The van der Waals surface area contributed by atoms with Gasteiger partial charge >= 0.3 is 0 Å². The molecule has 0 fully saturated rings. The van der Waals surface area contributed by atoms with Crippen LogP contribution in [0.25, 0.3) is 21.1 Å². The lowest BCUT2D eigenvalue weighted by atomic mass is 10.1. The highest BCUT2D eigenvalue weighted by Gasteiger charge is 2.17. The molecule has 0 bridgehead atoms. The Hall–Kier alpha value is -2.92. The van der Waals surface area contributed by atoms with Crippen LogP contribution in [0.4, 0.5) is 5.69 Å². The zero-order chi connectivity index (χ0) is 18.3. The Morgan fingerprint density at radius 1 is 1.08 bits per heavy atom. The number of benzene rings is 2. The third kappa shape index (κ3) is 2.91. The van der Waals surface area contributed by atoms with Crippen LogP contribution in [0.1, 0.15) is 15.2 Å². The average molecular weight is 362 g/mol. The molecule has 0 aliphatic heterocycles. The topological polar surface area (TPSA) is 42.4 Å². The van der Waals surface area contributed by atoms with Gasteiger partial charge in [-0.05, 0) is 55.0 Å². The summed E-state index contributed by atoms with van der Waals surface area (Å²) in [6.07, 6.45) is 0. The number of thiophene rings is 1. The van der Waals surface area contributed by atoms with Gasteiger partial charge in [0, 0.05) is 23.5 Å². The molecule has 2 aromatic heterocycles. The number of rotatable bonds is 3. The van der Waals surface area contributed by atoms with Gasteiger partial charge in [0.15, 0.2) is 0 Å². The predicted octanol–water partition coefficient (Wildman–Crippen LogP) is 5.04. The second-order valence-corrected chi connectivity index (χ2v) is 7.29. The van der Waals surface area contributed by atoms with E-state index in [0.717, 1.165) is 38.1 Å². The van der Waals surface area contributed by atoms with Crippen LogP contribution in [-0.2, 0) is 0 Å². The number of amides is 1. The van der Waals surface area contributed by atoms with Crippen molar-refractivity contribution in [1.82, 2.24) is 4.98 Å². The summed E-state index contributed by atoms with van der Waals surface area (Å²) in [5, 5.41) is 1.97. The molecule has 1 amide bonds. The van der Waals surface area contributed by atoms with E-state index in [-0.39, 0.29) is 5.91 Å². The highest BCUT2D eigenvalue weighted by atomic mass is 32.1. The molecule has 0 saturated heterocycles. The summed E-state index contributed by atoms with van der Waals surface area (Å²) in [4.78, 5) is 20.8. The summed E-state index contributed by atoms with van der Waals surface area (Å²) in [5.74, 6) is 0.768. The number of carbonyl (C=O) groups excluding carboxylic acids is 1. The zero-order valence-corrected chi connectivity index (χ0v) is 15.6. The van der Waals surface area contributed by atoms with Gasteiger partial charge in [0.1, 0.15) is 10.6 Å². The lowest BCUT2D eigenvalue weighted by Crippen LogP contribution is -2.25. The quantitative estimate of drug-likeness (QED) is 0.512. The number of aryl methyl sites for hydroxylation is 1. The lowest BCUT2D eigenvalue weighted by molar-refractivity contribution is 0.0997. The standard InChI is InChI=1S/C21H18N2O2S/c1-13-5-4-6-16(9-13)23(2)21(24)19-12-15-10-14-11-17(25-3)7-8-18(14)22-20(15)26-19/h4-12H,1-3H3. The predicted molar refractivity (Wildman–Crippen MR) is 108 cm³/mol. The van der Waals surface area contributed by atoms with Gasteiger partial charge in [-0.15, -0.1) is 11.3 Å². The van der Waals surface area contributed by atoms with Crippen LogP contribution in [0.15, 0.2) is 54.6 Å². The van der Waals surface area contributed by atoms with E-state index in [1.807, 2.05) is 55.5 Å². The maximum atomic E-state index is 12.9. The summed E-state index contributed by atoms with van der Waals surface area (Å²) in [5.41, 5.74) is 2.90. The van der Waals surface area contributed by atoms with Crippen LogP contribution < -0.4 is 9.64 Å². The molecule has 0 aliphatic carbocycles. The van der Waals surface area contributed by atoms with Crippen molar-refractivity contribution in [1.29, 1.82) is 0 Å². The van der Waals surface area contributed by atoms with Crippen molar-refractivity contribution in [2.45, 2.75) is 6.92 Å². The van der Waals surface area contributed by atoms with Crippen LogP contribution in [0.2, 0.25) is 0 Å². The first-order chi connectivity index (χ1) is 12.5. The average Bonchev–Trinajstić information content (AvgIpc) is 3.07. The lowest BCUT2D eigenvalue weighted by Gasteiger charge is -2.16. The van der Waals surface area contributed by atoms with Crippen molar-refractivity contribution >= 4 is 44.1 Å². The van der Waals surface area contributed by atoms with Crippen LogP contribution in [0.5, 0.6) is 5.75 Å². The van der Waals surface area contributed by atoms with E-state index in [1.54, 1.807) is 19.1 Å². The Morgan fingerprint density at radius 3 is 2.69 bits per heavy atom. The summed E-state index contributed by atoms with van der Waals surface area (Å²) in [6.45, 7) is 2.02. The fraction of sp³-hybridized carbons (Fsp3) is 0.143. The fourth-order valence-electron chi connectivity index (χ4n) is 2.96. The SMILES string of the molecule is COc1ccc2nc3sc(C(=O)N(C)c4cccc(C)c4)cc3cc2c1. The van der Waals surface area contributed by atoms with Gasteiger partial charge in [-0.3, -0.25) is 4.79 Å². The number of nitrogens with zero attached hydrogens (tertiary/aromatic N) is 2. The molecule has 2 aromatic carbocycles. The zero-order valence-electron chi connectivity index (χ0n) is 14.8. The molecule has 0 atom stereocenters. The van der Waals surface area contributed by atoms with E-state index in [9.17, 15) is 4.79 Å². The van der Waals surface area contributed by atoms with Crippen molar-refractivity contribution in [2.24, 2.45) is 0 Å². The molecule has 2 heterocycles. The molecule has 0 radical (unpaired) electrons. The normalized spacial score (nSPS) is 11.0. The summed E-state index contributed by atoms with van der Waals surface area (Å²) in [6, 6.07) is 17.7. The molecular weight excluding hydrogens is 344 g/mol. The van der Waals surface area contributed by atoms with Gasteiger partial charge in [-0.1, -0.05) is 12.1 Å². The number of anilines is 1. The number of fused-ring (bicyclic) bond motifs is 2. The third-order valence-corrected chi connectivity index (χ3v) is 5.44. The maximum absolute atomic E-state index is 12.9. The molecule has 130 valence electrons. The highest BCUT2D eigenvalue weighted by Crippen LogP contribution is 2.30. The number of hydrogen-bond acceptors (Lipinski definition) is 4. The Kier molecular flexibility index (Phi) is 4.09. The monoisotopic (exact) mass is 362 g/mol. The van der Waals surface area contributed by atoms with Gasteiger partial charge < -0.3 is 9.64 Å². The number of carbonyl (C=O) groups is 1. The first kappa shape index (κ1) is 16.5. The molecule has 4 nitrogen and oxygen atoms in total. The van der Waals surface area contributed by atoms with E-state index < -0.39 is 0 Å². The van der Waals surface area contributed by atoms with Crippen molar-refractivity contribution in [3.8, 4) is 5.75 Å². The third-order valence-electron chi connectivity index (χ3n) is 4.41. The van der Waals surface area contributed by atoms with E-state index in [4.69, 9.17) is 9.72 Å². The van der Waals surface area contributed by atoms with Gasteiger partial charge in [0.25, 0.3) is 5.91 Å². The molecule has 0 N–H and O–H groups in total. The molecule has 0 unspecified atom stereocenters. The number of pyridine rings is 1. The number of aromatic nitrogens is 1. The minimum Gasteiger partial charge on any atom is -0.497 e. The first-order valence-corrected chi connectivity index (χ1v) is 9.10. The molecule has 5 heteroatoms.